The van der Waals surface area contributed by atoms with E-state index in [0.717, 1.165) is 22.4 Å². The van der Waals surface area contributed by atoms with Crippen LogP contribution in [0.25, 0.3) is 0 Å². The molecular formula is C23H25N5O4. The van der Waals surface area contributed by atoms with Crippen molar-refractivity contribution in [2.45, 2.75) is 26.0 Å². The summed E-state index contributed by atoms with van der Waals surface area (Å²) in [6.45, 7) is 2.01. The zero-order valence-electron chi connectivity index (χ0n) is 17.9. The SMILES string of the molecule is COc1ccc(/C=N\NC(=O)[C@@H](Cc2cnc[nH]2)NC(=O)OCc2ccccc2)c(C)c1. The van der Waals surface area contributed by atoms with Crippen molar-refractivity contribution in [2.24, 2.45) is 5.10 Å². The van der Waals surface area contributed by atoms with Gasteiger partial charge in [0.1, 0.15) is 18.4 Å². The van der Waals surface area contributed by atoms with E-state index in [1.165, 1.54) is 12.5 Å². The summed E-state index contributed by atoms with van der Waals surface area (Å²) in [5.74, 6) is 0.250. The van der Waals surface area contributed by atoms with Crippen molar-refractivity contribution in [3.8, 4) is 5.75 Å². The number of ether oxygens (including phenoxy) is 2. The summed E-state index contributed by atoms with van der Waals surface area (Å²) < 4.78 is 10.4. The zero-order valence-corrected chi connectivity index (χ0v) is 17.9. The summed E-state index contributed by atoms with van der Waals surface area (Å²) in [5, 5.41) is 6.61. The number of carbonyl (C=O) groups is 2. The van der Waals surface area contributed by atoms with Gasteiger partial charge in [-0.3, -0.25) is 4.79 Å². The summed E-state index contributed by atoms with van der Waals surface area (Å²) in [6.07, 6.45) is 4.12. The number of alkyl carbamates (subject to hydrolysis) is 1. The van der Waals surface area contributed by atoms with Crippen molar-refractivity contribution < 1.29 is 19.1 Å². The Morgan fingerprint density at radius 2 is 2.03 bits per heavy atom. The van der Waals surface area contributed by atoms with E-state index in [1.54, 1.807) is 13.3 Å². The first-order valence-corrected chi connectivity index (χ1v) is 9.97. The molecular weight excluding hydrogens is 410 g/mol. The average molecular weight is 435 g/mol. The van der Waals surface area contributed by atoms with E-state index in [4.69, 9.17) is 9.47 Å². The molecule has 3 aromatic rings. The Morgan fingerprint density at radius 3 is 2.72 bits per heavy atom. The number of imidazole rings is 1. The minimum atomic E-state index is -0.909. The molecule has 0 radical (unpaired) electrons. The van der Waals surface area contributed by atoms with Crippen LogP contribution in [0.2, 0.25) is 0 Å². The third kappa shape index (κ3) is 6.69. The summed E-state index contributed by atoms with van der Waals surface area (Å²) in [4.78, 5) is 31.8. The van der Waals surface area contributed by atoms with Gasteiger partial charge in [0.2, 0.25) is 0 Å². The van der Waals surface area contributed by atoms with Crippen LogP contribution < -0.4 is 15.5 Å². The number of hydrogen-bond acceptors (Lipinski definition) is 6. The van der Waals surface area contributed by atoms with E-state index in [-0.39, 0.29) is 13.0 Å². The molecule has 0 bridgehead atoms. The average Bonchev–Trinajstić information content (AvgIpc) is 3.32. The standard InChI is InChI=1S/C23H25N5O4/c1-16-10-20(31-2)9-8-18(16)12-26-28-22(29)21(11-19-13-24-15-25-19)27-23(30)32-14-17-6-4-3-5-7-17/h3-10,12-13,15,21H,11,14H2,1-2H3,(H,24,25)(H,27,30)(H,28,29)/b26-12-/t21-/m1/s1. The van der Waals surface area contributed by atoms with Crippen molar-refractivity contribution in [2.75, 3.05) is 7.11 Å². The lowest BCUT2D eigenvalue weighted by atomic mass is 10.1. The fraction of sp³-hybridized carbons (Fsp3) is 0.217. The molecule has 3 N–H and O–H groups in total. The van der Waals surface area contributed by atoms with E-state index < -0.39 is 18.0 Å². The second-order valence-electron chi connectivity index (χ2n) is 7.00. The van der Waals surface area contributed by atoms with Gasteiger partial charge in [-0.1, -0.05) is 30.3 Å². The van der Waals surface area contributed by atoms with Gasteiger partial charge in [-0.05, 0) is 41.8 Å². The Balaban J connectivity index is 1.61. The monoisotopic (exact) mass is 435 g/mol. The first kappa shape index (κ1) is 22.5. The molecule has 2 aromatic carbocycles. The van der Waals surface area contributed by atoms with Gasteiger partial charge in [-0.15, -0.1) is 0 Å². The molecule has 1 aromatic heterocycles. The highest BCUT2D eigenvalue weighted by Gasteiger charge is 2.22. The van der Waals surface area contributed by atoms with Gasteiger partial charge in [0.15, 0.2) is 0 Å². The Labute approximate surface area is 185 Å². The fourth-order valence-corrected chi connectivity index (χ4v) is 2.90. The van der Waals surface area contributed by atoms with Gasteiger partial charge in [0.05, 0.1) is 19.7 Å². The van der Waals surface area contributed by atoms with Crippen LogP contribution >= 0.6 is 0 Å². The molecule has 2 amide bonds. The molecule has 0 fully saturated rings. The molecule has 0 saturated carbocycles. The quantitative estimate of drug-likeness (QED) is 0.353. The minimum absolute atomic E-state index is 0.0972. The van der Waals surface area contributed by atoms with Gasteiger partial charge in [-0.25, -0.2) is 15.2 Å². The molecule has 3 rings (SSSR count). The minimum Gasteiger partial charge on any atom is -0.497 e. The maximum atomic E-state index is 12.7. The van der Waals surface area contributed by atoms with E-state index in [1.807, 2.05) is 55.5 Å². The highest BCUT2D eigenvalue weighted by atomic mass is 16.5. The smallest absolute Gasteiger partial charge is 0.408 e. The normalized spacial score (nSPS) is 11.7. The third-order valence-electron chi connectivity index (χ3n) is 4.66. The van der Waals surface area contributed by atoms with Gasteiger partial charge < -0.3 is 19.8 Å². The maximum absolute atomic E-state index is 12.7. The van der Waals surface area contributed by atoms with Gasteiger partial charge >= 0.3 is 6.09 Å². The summed E-state index contributed by atoms with van der Waals surface area (Å²) in [7, 11) is 1.60. The Morgan fingerprint density at radius 1 is 1.22 bits per heavy atom. The lowest BCUT2D eigenvalue weighted by Gasteiger charge is -2.16. The number of H-pyrrole nitrogens is 1. The third-order valence-corrected chi connectivity index (χ3v) is 4.66. The summed E-state index contributed by atoms with van der Waals surface area (Å²) >= 11 is 0. The van der Waals surface area contributed by atoms with Crippen molar-refractivity contribution in [1.29, 1.82) is 0 Å². The molecule has 0 unspecified atom stereocenters. The molecule has 0 aliphatic carbocycles. The van der Waals surface area contributed by atoms with Crippen LogP contribution in [-0.4, -0.2) is 41.3 Å². The number of rotatable bonds is 9. The number of aromatic nitrogens is 2. The molecule has 0 spiro atoms. The van der Waals surface area contributed by atoms with Gasteiger partial charge in [-0.2, -0.15) is 5.10 Å². The van der Waals surface area contributed by atoms with Crippen molar-refractivity contribution >= 4 is 18.2 Å². The Hall–Kier alpha value is -4.14. The molecule has 166 valence electrons. The van der Waals surface area contributed by atoms with E-state index in [0.29, 0.717) is 5.69 Å². The summed E-state index contributed by atoms with van der Waals surface area (Å²) in [5.41, 5.74) is 5.77. The van der Waals surface area contributed by atoms with Crippen LogP contribution in [0.5, 0.6) is 5.75 Å². The second kappa shape index (κ2) is 11.3. The van der Waals surface area contributed by atoms with E-state index in [2.05, 4.69) is 25.8 Å². The largest absolute Gasteiger partial charge is 0.497 e. The van der Waals surface area contributed by atoms with E-state index in [9.17, 15) is 9.59 Å². The molecule has 0 aliphatic heterocycles. The number of aromatic amines is 1. The fourth-order valence-electron chi connectivity index (χ4n) is 2.90. The van der Waals surface area contributed by atoms with Crippen LogP contribution in [-0.2, 0) is 22.6 Å². The molecule has 1 heterocycles. The number of nitrogens with zero attached hydrogens (tertiary/aromatic N) is 2. The summed E-state index contributed by atoms with van der Waals surface area (Å²) in [6, 6.07) is 13.9. The van der Waals surface area contributed by atoms with Crippen LogP contribution in [0.4, 0.5) is 4.79 Å². The first-order valence-electron chi connectivity index (χ1n) is 9.97. The van der Waals surface area contributed by atoms with Crippen LogP contribution in [0.15, 0.2) is 66.2 Å². The van der Waals surface area contributed by atoms with Crippen molar-refractivity contribution in [3.05, 3.63) is 83.4 Å². The number of aryl methyl sites for hydroxylation is 1. The van der Waals surface area contributed by atoms with Crippen LogP contribution in [0.3, 0.4) is 0 Å². The van der Waals surface area contributed by atoms with Crippen molar-refractivity contribution in [3.63, 3.8) is 0 Å². The molecule has 1 atom stereocenters. The number of hydrazone groups is 1. The van der Waals surface area contributed by atoms with Crippen molar-refractivity contribution in [1.82, 2.24) is 20.7 Å². The number of carbonyl (C=O) groups excluding carboxylic acids is 2. The molecule has 9 heteroatoms. The predicted octanol–water partition coefficient (Wildman–Crippen LogP) is 2.71. The lowest BCUT2D eigenvalue weighted by Crippen LogP contribution is -2.47. The first-order chi connectivity index (χ1) is 15.5. The number of benzene rings is 2. The molecule has 32 heavy (non-hydrogen) atoms. The number of amides is 2. The molecule has 0 saturated heterocycles. The lowest BCUT2D eigenvalue weighted by molar-refractivity contribution is -0.123. The highest BCUT2D eigenvalue weighted by molar-refractivity contribution is 5.88. The zero-order chi connectivity index (χ0) is 22.8. The van der Waals surface area contributed by atoms with Gasteiger partial charge in [0, 0.05) is 18.3 Å². The second-order valence-corrected chi connectivity index (χ2v) is 7.00. The molecule has 0 aliphatic rings. The number of methoxy groups -OCH3 is 1. The number of hydrogen-bond donors (Lipinski definition) is 3. The maximum Gasteiger partial charge on any atom is 0.408 e. The Bertz CT molecular complexity index is 1050. The van der Waals surface area contributed by atoms with E-state index >= 15 is 0 Å². The Kier molecular flexibility index (Phi) is 7.96. The molecule has 9 nitrogen and oxygen atoms in total. The highest BCUT2D eigenvalue weighted by Crippen LogP contribution is 2.15. The topological polar surface area (TPSA) is 118 Å². The van der Waals surface area contributed by atoms with Gasteiger partial charge in [0.25, 0.3) is 5.91 Å². The predicted molar refractivity (Wildman–Crippen MR) is 119 cm³/mol. The number of nitrogens with one attached hydrogen (secondary N) is 3. The van der Waals surface area contributed by atoms with Crippen LogP contribution in [0, 0.1) is 6.92 Å². The van der Waals surface area contributed by atoms with Crippen LogP contribution in [0.1, 0.15) is 22.4 Å².